The Morgan fingerprint density at radius 2 is 1.92 bits per heavy atom. The van der Waals surface area contributed by atoms with Crippen LogP contribution in [0.5, 0.6) is 0 Å². The van der Waals surface area contributed by atoms with E-state index in [2.05, 4.69) is 4.98 Å². The number of pyridine rings is 1. The lowest BCUT2D eigenvalue weighted by Gasteiger charge is -1.99. The number of nitrogens with zero attached hydrogens (tertiary/aromatic N) is 1. The molecule has 1 heterocycles. The minimum atomic E-state index is -0.482. The Kier molecular flexibility index (Phi) is 2.10. The quantitative estimate of drug-likeness (QED) is 0.612. The highest BCUT2D eigenvalue weighted by atomic mass is 35.5. The third-order valence-corrected chi connectivity index (χ3v) is 2.20. The Balaban J connectivity index is 2.81. The van der Waals surface area contributed by atoms with E-state index in [1.165, 1.54) is 12.1 Å². The first-order valence-corrected chi connectivity index (χ1v) is 4.34. The van der Waals surface area contributed by atoms with Gasteiger partial charge in [0.05, 0.1) is 10.5 Å². The van der Waals surface area contributed by atoms with Crippen LogP contribution in [0.15, 0.2) is 24.3 Å². The normalized spacial score (nSPS) is 10.7. The molecule has 0 aliphatic rings. The molecule has 0 saturated carbocycles. The van der Waals surface area contributed by atoms with Crippen LogP contribution in [0.1, 0.15) is 0 Å². The van der Waals surface area contributed by atoms with E-state index >= 15 is 0 Å². The molecule has 13 heavy (non-hydrogen) atoms. The maximum absolute atomic E-state index is 13.0. The second kappa shape index (κ2) is 3.13. The monoisotopic (exact) mass is 215 g/mol. The summed E-state index contributed by atoms with van der Waals surface area (Å²) in [6.07, 6.45) is 0. The second-order valence-electron chi connectivity index (χ2n) is 2.59. The standard InChI is InChI=1S/C9H4Cl2FN/c10-6-3-5-1-2-9(11)13-8(5)4-7(6)12/h1-4H. The predicted molar refractivity (Wildman–Crippen MR) is 51.7 cm³/mol. The van der Waals surface area contributed by atoms with Crippen molar-refractivity contribution in [3.63, 3.8) is 0 Å². The number of fused-ring (bicyclic) bond motifs is 1. The van der Waals surface area contributed by atoms with Crippen molar-refractivity contribution >= 4 is 34.1 Å². The summed E-state index contributed by atoms with van der Waals surface area (Å²) in [5.74, 6) is -0.482. The van der Waals surface area contributed by atoms with Gasteiger partial charge in [-0.05, 0) is 18.2 Å². The van der Waals surface area contributed by atoms with Gasteiger partial charge in [0.25, 0.3) is 0 Å². The molecule has 0 aliphatic carbocycles. The van der Waals surface area contributed by atoms with Crippen molar-refractivity contribution in [3.8, 4) is 0 Å². The topological polar surface area (TPSA) is 12.9 Å². The molecule has 0 bridgehead atoms. The van der Waals surface area contributed by atoms with Crippen molar-refractivity contribution < 1.29 is 4.39 Å². The first-order valence-electron chi connectivity index (χ1n) is 3.58. The lowest BCUT2D eigenvalue weighted by Crippen LogP contribution is -1.82. The molecule has 0 N–H and O–H groups in total. The maximum atomic E-state index is 13.0. The highest BCUT2D eigenvalue weighted by molar-refractivity contribution is 6.31. The van der Waals surface area contributed by atoms with E-state index < -0.39 is 5.82 Å². The fourth-order valence-corrected chi connectivity index (χ4v) is 1.42. The van der Waals surface area contributed by atoms with Crippen LogP contribution in [0.3, 0.4) is 0 Å². The molecule has 0 saturated heterocycles. The fourth-order valence-electron chi connectivity index (χ4n) is 1.09. The Labute approximate surface area is 84.1 Å². The van der Waals surface area contributed by atoms with E-state index in [-0.39, 0.29) is 5.02 Å². The summed E-state index contributed by atoms with van der Waals surface area (Å²) in [4.78, 5) is 3.94. The van der Waals surface area contributed by atoms with Crippen LogP contribution in [0.4, 0.5) is 4.39 Å². The van der Waals surface area contributed by atoms with Crippen LogP contribution in [0, 0.1) is 5.82 Å². The Hall–Kier alpha value is -0.860. The van der Waals surface area contributed by atoms with Crippen LogP contribution in [0.2, 0.25) is 10.2 Å². The molecule has 4 heteroatoms. The van der Waals surface area contributed by atoms with E-state index in [0.29, 0.717) is 10.7 Å². The van der Waals surface area contributed by atoms with Gasteiger partial charge >= 0.3 is 0 Å². The van der Waals surface area contributed by atoms with Crippen LogP contribution in [-0.2, 0) is 0 Å². The molecule has 0 aliphatic heterocycles. The van der Waals surface area contributed by atoms with Crippen molar-refractivity contribution in [1.82, 2.24) is 4.98 Å². The summed E-state index contributed by atoms with van der Waals surface area (Å²) in [6.45, 7) is 0. The fraction of sp³-hybridized carbons (Fsp3) is 0. The van der Waals surface area contributed by atoms with E-state index in [4.69, 9.17) is 23.2 Å². The van der Waals surface area contributed by atoms with Gasteiger partial charge in [0.1, 0.15) is 11.0 Å². The van der Waals surface area contributed by atoms with Crippen molar-refractivity contribution in [1.29, 1.82) is 0 Å². The number of hydrogen-bond donors (Lipinski definition) is 0. The Bertz CT molecular complexity index is 470. The molecule has 1 nitrogen and oxygen atoms in total. The van der Waals surface area contributed by atoms with Gasteiger partial charge in [-0.1, -0.05) is 23.2 Å². The smallest absolute Gasteiger partial charge is 0.143 e. The second-order valence-corrected chi connectivity index (χ2v) is 3.39. The first-order chi connectivity index (χ1) is 6.16. The third kappa shape index (κ3) is 1.60. The zero-order valence-corrected chi connectivity index (χ0v) is 7.90. The Morgan fingerprint density at radius 3 is 2.69 bits per heavy atom. The molecule has 0 atom stereocenters. The number of aromatic nitrogens is 1. The lowest BCUT2D eigenvalue weighted by molar-refractivity contribution is 0.630. The van der Waals surface area contributed by atoms with Gasteiger partial charge in [-0.3, -0.25) is 0 Å². The van der Waals surface area contributed by atoms with E-state index in [0.717, 1.165) is 5.39 Å². The zero-order valence-electron chi connectivity index (χ0n) is 6.39. The zero-order chi connectivity index (χ0) is 9.42. The first kappa shape index (κ1) is 8.73. The summed E-state index contributed by atoms with van der Waals surface area (Å²) < 4.78 is 13.0. The minimum absolute atomic E-state index is 0.0941. The van der Waals surface area contributed by atoms with E-state index in [1.807, 2.05) is 0 Å². The average Bonchev–Trinajstić information content (AvgIpc) is 2.08. The van der Waals surface area contributed by atoms with Crippen molar-refractivity contribution in [2.75, 3.05) is 0 Å². The van der Waals surface area contributed by atoms with Crippen LogP contribution < -0.4 is 0 Å². The lowest BCUT2D eigenvalue weighted by atomic mass is 10.2. The third-order valence-electron chi connectivity index (χ3n) is 1.70. The highest BCUT2D eigenvalue weighted by Crippen LogP contribution is 2.22. The molecule has 0 unspecified atom stereocenters. The number of benzene rings is 1. The van der Waals surface area contributed by atoms with Crippen LogP contribution >= 0.6 is 23.2 Å². The summed E-state index contributed by atoms with van der Waals surface area (Å²) in [7, 11) is 0. The van der Waals surface area contributed by atoms with Crippen molar-refractivity contribution in [2.45, 2.75) is 0 Å². The molecule has 0 spiro atoms. The summed E-state index contributed by atoms with van der Waals surface area (Å²) in [5.41, 5.74) is 0.509. The molecule has 1 aromatic heterocycles. The van der Waals surface area contributed by atoms with Crippen molar-refractivity contribution in [2.24, 2.45) is 0 Å². The molecular formula is C9H4Cl2FN. The number of halogens is 3. The van der Waals surface area contributed by atoms with Gasteiger partial charge in [-0.25, -0.2) is 9.37 Å². The predicted octanol–water partition coefficient (Wildman–Crippen LogP) is 3.68. The van der Waals surface area contributed by atoms with Gasteiger partial charge < -0.3 is 0 Å². The maximum Gasteiger partial charge on any atom is 0.143 e. The molecule has 0 radical (unpaired) electrons. The number of rotatable bonds is 0. The molecule has 0 amide bonds. The largest absolute Gasteiger partial charge is 0.236 e. The Morgan fingerprint density at radius 1 is 1.15 bits per heavy atom. The molecule has 1 aromatic carbocycles. The molecule has 2 rings (SSSR count). The number of hydrogen-bond acceptors (Lipinski definition) is 1. The van der Waals surface area contributed by atoms with Crippen LogP contribution in [0.25, 0.3) is 10.9 Å². The SMILES string of the molecule is Fc1cc2nc(Cl)ccc2cc1Cl. The van der Waals surface area contributed by atoms with Gasteiger partial charge in [0.2, 0.25) is 0 Å². The van der Waals surface area contributed by atoms with Gasteiger partial charge in [-0.15, -0.1) is 0 Å². The molecular weight excluding hydrogens is 212 g/mol. The molecule has 66 valence electrons. The summed E-state index contributed by atoms with van der Waals surface area (Å²) >= 11 is 11.2. The average molecular weight is 216 g/mol. The van der Waals surface area contributed by atoms with Crippen LogP contribution in [-0.4, -0.2) is 4.98 Å². The van der Waals surface area contributed by atoms with Gasteiger partial charge in [0.15, 0.2) is 0 Å². The minimum Gasteiger partial charge on any atom is -0.236 e. The van der Waals surface area contributed by atoms with Gasteiger partial charge in [0, 0.05) is 11.5 Å². The molecule has 2 aromatic rings. The van der Waals surface area contributed by atoms with Gasteiger partial charge in [-0.2, -0.15) is 0 Å². The van der Waals surface area contributed by atoms with E-state index in [1.54, 1.807) is 12.1 Å². The molecule has 0 fully saturated rings. The highest BCUT2D eigenvalue weighted by Gasteiger charge is 2.03. The summed E-state index contributed by atoms with van der Waals surface area (Å²) in [5, 5.41) is 1.21. The van der Waals surface area contributed by atoms with Crippen molar-refractivity contribution in [3.05, 3.63) is 40.3 Å². The van der Waals surface area contributed by atoms with E-state index in [9.17, 15) is 4.39 Å². The summed E-state index contributed by atoms with van der Waals surface area (Å²) in [6, 6.07) is 6.17.